The summed E-state index contributed by atoms with van der Waals surface area (Å²) in [6.45, 7) is 1.88. The van der Waals surface area contributed by atoms with Crippen molar-refractivity contribution in [1.29, 1.82) is 0 Å². The fraction of sp³-hybridized carbons (Fsp3) is 0.500. The molecule has 1 unspecified atom stereocenters. The van der Waals surface area contributed by atoms with Gasteiger partial charge in [0.05, 0.1) is 5.69 Å². The van der Waals surface area contributed by atoms with Crippen molar-refractivity contribution >= 4 is 35.8 Å². The quantitative estimate of drug-likeness (QED) is 0.784. The normalized spacial score (nSPS) is 17.9. The number of carbonyl (C=O) groups excluding carboxylic acids is 1. The molecule has 0 radical (unpaired) electrons. The number of nitrogens with one attached hydrogen (secondary N) is 2. The summed E-state index contributed by atoms with van der Waals surface area (Å²) in [4.78, 5) is 11.9. The molecule has 1 aliphatic rings. The Morgan fingerprint density at radius 3 is 2.73 bits per heavy atom. The summed E-state index contributed by atoms with van der Waals surface area (Å²) in [5, 5.41) is 5.80. The number of alkyl halides is 3. The predicted octanol–water partition coefficient (Wildman–Crippen LogP) is 4.05. The van der Waals surface area contributed by atoms with Gasteiger partial charge in [0.25, 0.3) is 0 Å². The number of carbonyl (C=O) groups is 1. The van der Waals surface area contributed by atoms with Gasteiger partial charge in [0.15, 0.2) is 0 Å². The molecule has 1 aromatic rings. The van der Waals surface area contributed by atoms with E-state index in [1.54, 1.807) is 6.07 Å². The highest BCUT2D eigenvalue weighted by Crippen LogP contribution is 2.40. The second kappa shape index (κ2) is 8.64. The molecule has 1 aromatic carbocycles. The zero-order valence-corrected chi connectivity index (χ0v) is 13.4. The van der Waals surface area contributed by atoms with Crippen LogP contribution in [0.4, 0.5) is 18.9 Å². The topological polar surface area (TPSA) is 41.1 Å². The molecule has 0 aliphatic carbocycles. The number of amides is 1. The van der Waals surface area contributed by atoms with E-state index in [4.69, 9.17) is 0 Å². The minimum atomic E-state index is -4.36. The smallest absolute Gasteiger partial charge is 0.325 e. The zero-order valence-electron chi connectivity index (χ0n) is 11.8. The van der Waals surface area contributed by atoms with Gasteiger partial charge in [-0.25, -0.2) is 0 Å². The number of rotatable bonds is 5. The molecule has 1 aliphatic heterocycles. The van der Waals surface area contributed by atoms with Crippen molar-refractivity contribution in [1.82, 2.24) is 5.32 Å². The van der Waals surface area contributed by atoms with Crippen LogP contribution < -0.4 is 10.6 Å². The fourth-order valence-electron chi connectivity index (χ4n) is 2.29. The van der Waals surface area contributed by atoms with Crippen LogP contribution in [0.25, 0.3) is 0 Å². The molecular formula is C14H18ClF3N2OS. The molecule has 0 spiro atoms. The summed E-state index contributed by atoms with van der Waals surface area (Å²) >= 11 is -0.212. The van der Waals surface area contributed by atoms with Crippen molar-refractivity contribution in [2.75, 3.05) is 18.4 Å². The van der Waals surface area contributed by atoms with Gasteiger partial charge in [-0.1, -0.05) is 12.1 Å². The van der Waals surface area contributed by atoms with Crippen molar-refractivity contribution in [3.63, 3.8) is 0 Å². The molecule has 8 heteroatoms. The number of anilines is 1. The van der Waals surface area contributed by atoms with Crippen LogP contribution in [-0.4, -0.2) is 24.5 Å². The van der Waals surface area contributed by atoms with Crippen molar-refractivity contribution < 1.29 is 18.0 Å². The lowest BCUT2D eigenvalue weighted by Gasteiger charge is -2.13. The van der Waals surface area contributed by atoms with Crippen molar-refractivity contribution in [3.8, 4) is 0 Å². The van der Waals surface area contributed by atoms with E-state index in [2.05, 4.69) is 10.6 Å². The van der Waals surface area contributed by atoms with Gasteiger partial charge in [-0.3, -0.25) is 4.79 Å². The van der Waals surface area contributed by atoms with Crippen LogP contribution in [0.5, 0.6) is 0 Å². The van der Waals surface area contributed by atoms with E-state index in [1.165, 1.54) is 18.2 Å². The van der Waals surface area contributed by atoms with Crippen molar-refractivity contribution in [3.05, 3.63) is 24.3 Å². The van der Waals surface area contributed by atoms with Gasteiger partial charge < -0.3 is 10.6 Å². The predicted molar refractivity (Wildman–Crippen MR) is 84.4 cm³/mol. The molecule has 2 N–H and O–H groups in total. The molecule has 1 amide bonds. The summed E-state index contributed by atoms with van der Waals surface area (Å²) < 4.78 is 37.4. The standard InChI is InChI=1S/C14H17F3N2OS.ClH/c15-14(16,17)21-12-4-2-1-3-11(12)19-13(20)6-5-10-7-8-18-9-10;/h1-4,10,18H,5-9H2,(H,19,20);1H. The maximum Gasteiger partial charge on any atom is 0.446 e. The van der Waals surface area contributed by atoms with Crippen LogP contribution in [0.15, 0.2) is 29.2 Å². The monoisotopic (exact) mass is 354 g/mol. The maximum absolute atomic E-state index is 12.5. The first-order valence-electron chi connectivity index (χ1n) is 6.79. The SMILES string of the molecule is Cl.O=C(CCC1CCNC1)Nc1ccccc1SC(F)(F)F. The number of hydrogen-bond acceptors (Lipinski definition) is 3. The molecule has 1 heterocycles. The van der Waals surface area contributed by atoms with Crippen LogP contribution in [0.3, 0.4) is 0 Å². The first kappa shape index (κ1) is 19.1. The Morgan fingerprint density at radius 1 is 1.36 bits per heavy atom. The zero-order chi connectivity index (χ0) is 15.3. The lowest BCUT2D eigenvalue weighted by atomic mass is 10.0. The van der Waals surface area contributed by atoms with E-state index in [9.17, 15) is 18.0 Å². The van der Waals surface area contributed by atoms with Gasteiger partial charge in [0.2, 0.25) is 5.91 Å². The molecular weight excluding hydrogens is 337 g/mol. The molecule has 0 saturated carbocycles. The van der Waals surface area contributed by atoms with Crippen molar-refractivity contribution in [2.24, 2.45) is 5.92 Å². The van der Waals surface area contributed by atoms with Crippen LogP contribution in [0.1, 0.15) is 19.3 Å². The van der Waals surface area contributed by atoms with E-state index in [1.807, 2.05) is 0 Å². The van der Waals surface area contributed by atoms with E-state index in [-0.39, 0.29) is 40.7 Å². The van der Waals surface area contributed by atoms with E-state index in [0.717, 1.165) is 25.9 Å². The Morgan fingerprint density at radius 2 is 2.09 bits per heavy atom. The largest absolute Gasteiger partial charge is 0.446 e. The molecule has 2 rings (SSSR count). The molecule has 124 valence electrons. The molecule has 1 atom stereocenters. The third-order valence-corrected chi connectivity index (χ3v) is 4.14. The van der Waals surface area contributed by atoms with Gasteiger partial charge in [-0.15, -0.1) is 12.4 Å². The van der Waals surface area contributed by atoms with Crippen molar-refractivity contribution in [2.45, 2.75) is 29.7 Å². The van der Waals surface area contributed by atoms with Gasteiger partial charge in [0.1, 0.15) is 0 Å². The van der Waals surface area contributed by atoms with Crippen LogP contribution in [0, 0.1) is 5.92 Å². The number of thioether (sulfide) groups is 1. The van der Waals surface area contributed by atoms with Gasteiger partial charge >= 0.3 is 5.51 Å². The number of halogens is 4. The number of para-hydroxylation sites is 1. The van der Waals surface area contributed by atoms with Crippen LogP contribution in [0.2, 0.25) is 0 Å². The Kier molecular flexibility index (Phi) is 7.52. The summed E-state index contributed by atoms with van der Waals surface area (Å²) in [5.41, 5.74) is -4.15. The fourth-order valence-corrected chi connectivity index (χ4v) is 2.92. The average molecular weight is 355 g/mol. The van der Waals surface area contributed by atoms with Gasteiger partial charge in [-0.05, 0) is 55.7 Å². The lowest BCUT2D eigenvalue weighted by molar-refractivity contribution is -0.116. The highest BCUT2D eigenvalue weighted by atomic mass is 35.5. The van der Waals surface area contributed by atoms with E-state index in [0.29, 0.717) is 12.3 Å². The highest BCUT2D eigenvalue weighted by molar-refractivity contribution is 8.00. The number of hydrogen-bond donors (Lipinski definition) is 2. The van der Waals surface area contributed by atoms with Gasteiger partial charge in [-0.2, -0.15) is 13.2 Å². The summed E-state index contributed by atoms with van der Waals surface area (Å²) in [6.07, 6.45) is 2.14. The third-order valence-electron chi connectivity index (χ3n) is 3.33. The second-order valence-corrected chi connectivity index (χ2v) is 6.10. The Labute approximate surface area is 137 Å². The minimum absolute atomic E-state index is 0. The Hall–Kier alpha value is -0.920. The van der Waals surface area contributed by atoms with E-state index < -0.39 is 5.51 Å². The molecule has 1 fully saturated rings. The van der Waals surface area contributed by atoms with Gasteiger partial charge in [0, 0.05) is 11.3 Å². The second-order valence-electron chi connectivity index (χ2n) is 4.99. The average Bonchev–Trinajstić information content (AvgIpc) is 2.90. The number of benzene rings is 1. The molecule has 0 aromatic heterocycles. The Balaban J connectivity index is 0.00000242. The minimum Gasteiger partial charge on any atom is -0.325 e. The molecule has 0 bridgehead atoms. The summed E-state index contributed by atoms with van der Waals surface area (Å²) in [5.74, 6) is 0.243. The molecule has 3 nitrogen and oxygen atoms in total. The lowest BCUT2D eigenvalue weighted by Crippen LogP contribution is -2.15. The molecule has 22 heavy (non-hydrogen) atoms. The first-order chi connectivity index (χ1) is 9.94. The summed E-state index contributed by atoms with van der Waals surface area (Å²) in [7, 11) is 0. The molecule has 1 saturated heterocycles. The van der Waals surface area contributed by atoms with Crippen LogP contribution >= 0.6 is 24.2 Å². The summed E-state index contributed by atoms with van der Waals surface area (Å²) in [6, 6.07) is 5.97. The Bertz CT molecular complexity index is 493. The maximum atomic E-state index is 12.5. The van der Waals surface area contributed by atoms with E-state index >= 15 is 0 Å². The van der Waals surface area contributed by atoms with Crippen LogP contribution in [-0.2, 0) is 4.79 Å². The first-order valence-corrected chi connectivity index (χ1v) is 7.61. The third kappa shape index (κ3) is 6.46. The highest BCUT2D eigenvalue weighted by Gasteiger charge is 2.30.